The Balaban J connectivity index is 2.28. The van der Waals surface area contributed by atoms with Crippen LogP contribution in [0, 0.1) is 13.8 Å². The zero-order valence-electron chi connectivity index (χ0n) is 10.3. The number of nitrogens with one attached hydrogen (secondary N) is 1. The molecule has 0 spiro atoms. The van der Waals surface area contributed by atoms with Crippen LogP contribution in [0.3, 0.4) is 0 Å². The summed E-state index contributed by atoms with van der Waals surface area (Å²) in [7, 11) is 0. The number of rotatable bonds is 6. The number of aryl methyl sites for hydroxylation is 2. The number of hydrogen-bond acceptors (Lipinski definition) is 1. The molecule has 0 heterocycles. The van der Waals surface area contributed by atoms with Crippen LogP contribution in [-0.2, 0) is 6.42 Å². The Morgan fingerprint density at radius 1 is 1.07 bits per heavy atom. The Labute approximate surface area is 93.9 Å². The summed E-state index contributed by atoms with van der Waals surface area (Å²) in [6.07, 6.45) is 3.70. The van der Waals surface area contributed by atoms with E-state index in [-0.39, 0.29) is 0 Å². The molecule has 0 fully saturated rings. The van der Waals surface area contributed by atoms with Gasteiger partial charge in [0, 0.05) is 0 Å². The second-order valence-electron chi connectivity index (χ2n) is 4.27. The molecule has 0 aliphatic carbocycles. The summed E-state index contributed by atoms with van der Waals surface area (Å²) in [4.78, 5) is 0. The van der Waals surface area contributed by atoms with Crippen LogP contribution in [0.2, 0.25) is 0 Å². The van der Waals surface area contributed by atoms with Gasteiger partial charge in [-0.1, -0.05) is 31.5 Å². The quantitative estimate of drug-likeness (QED) is 0.703. The van der Waals surface area contributed by atoms with Crippen LogP contribution in [0.5, 0.6) is 0 Å². The van der Waals surface area contributed by atoms with E-state index in [1.165, 1.54) is 29.5 Å². The summed E-state index contributed by atoms with van der Waals surface area (Å²) < 4.78 is 0. The molecule has 1 rings (SSSR count). The Kier molecular flexibility index (Phi) is 5.41. The summed E-state index contributed by atoms with van der Waals surface area (Å²) >= 11 is 0. The molecular formula is C14H23N. The molecule has 0 bridgehead atoms. The molecule has 0 atom stereocenters. The molecule has 0 unspecified atom stereocenters. The van der Waals surface area contributed by atoms with E-state index in [1.807, 2.05) is 0 Å². The minimum atomic E-state index is 1.10. The molecule has 0 aromatic heterocycles. The topological polar surface area (TPSA) is 12.0 Å². The Bertz CT molecular complexity index is 291. The van der Waals surface area contributed by atoms with Gasteiger partial charge in [0.25, 0.3) is 0 Å². The van der Waals surface area contributed by atoms with Crippen molar-refractivity contribution < 1.29 is 0 Å². The van der Waals surface area contributed by atoms with E-state index in [1.54, 1.807) is 0 Å². The van der Waals surface area contributed by atoms with Crippen LogP contribution in [0.15, 0.2) is 18.2 Å². The van der Waals surface area contributed by atoms with Crippen LogP contribution in [0.1, 0.15) is 36.5 Å². The molecule has 0 aliphatic heterocycles. The minimum Gasteiger partial charge on any atom is -0.316 e. The molecule has 0 amide bonds. The summed E-state index contributed by atoms with van der Waals surface area (Å²) in [6, 6.07) is 6.76. The summed E-state index contributed by atoms with van der Waals surface area (Å²) in [5.74, 6) is 0. The SMILES string of the molecule is CCCCNCCc1ccc(C)c(C)c1. The largest absolute Gasteiger partial charge is 0.316 e. The lowest BCUT2D eigenvalue weighted by Gasteiger charge is -2.06. The summed E-state index contributed by atoms with van der Waals surface area (Å²) in [5.41, 5.74) is 4.24. The van der Waals surface area contributed by atoms with Crippen LogP contribution in [-0.4, -0.2) is 13.1 Å². The van der Waals surface area contributed by atoms with E-state index in [9.17, 15) is 0 Å². The van der Waals surface area contributed by atoms with E-state index >= 15 is 0 Å². The van der Waals surface area contributed by atoms with Gasteiger partial charge in [0.2, 0.25) is 0 Å². The Hall–Kier alpha value is -0.820. The highest BCUT2D eigenvalue weighted by Crippen LogP contribution is 2.09. The van der Waals surface area contributed by atoms with Crippen molar-refractivity contribution in [3.05, 3.63) is 34.9 Å². The third-order valence-electron chi connectivity index (χ3n) is 2.87. The minimum absolute atomic E-state index is 1.10. The van der Waals surface area contributed by atoms with Crippen LogP contribution in [0.25, 0.3) is 0 Å². The monoisotopic (exact) mass is 205 g/mol. The van der Waals surface area contributed by atoms with E-state index in [2.05, 4.69) is 44.3 Å². The fourth-order valence-electron chi connectivity index (χ4n) is 1.62. The van der Waals surface area contributed by atoms with Gasteiger partial charge in [0.15, 0.2) is 0 Å². The fourth-order valence-corrected chi connectivity index (χ4v) is 1.62. The number of benzene rings is 1. The Morgan fingerprint density at radius 3 is 2.53 bits per heavy atom. The van der Waals surface area contributed by atoms with E-state index < -0.39 is 0 Å². The summed E-state index contributed by atoms with van der Waals surface area (Å²) in [6.45, 7) is 8.83. The first kappa shape index (κ1) is 12.3. The Morgan fingerprint density at radius 2 is 1.87 bits per heavy atom. The second-order valence-corrected chi connectivity index (χ2v) is 4.27. The van der Waals surface area contributed by atoms with Gasteiger partial charge in [0.05, 0.1) is 0 Å². The smallest absolute Gasteiger partial charge is 0.000835 e. The van der Waals surface area contributed by atoms with E-state index in [4.69, 9.17) is 0 Å². The zero-order chi connectivity index (χ0) is 11.1. The van der Waals surface area contributed by atoms with Crippen molar-refractivity contribution in [1.82, 2.24) is 5.32 Å². The maximum Gasteiger partial charge on any atom is -0.000835 e. The maximum atomic E-state index is 3.47. The van der Waals surface area contributed by atoms with Crippen molar-refractivity contribution in [3.8, 4) is 0 Å². The highest BCUT2D eigenvalue weighted by Gasteiger charge is 1.96. The van der Waals surface area contributed by atoms with Crippen molar-refractivity contribution in [2.45, 2.75) is 40.0 Å². The molecular weight excluding hydrogens is 182 g/mol. The summed E-state index contributed by atoms with van der Waals surface area (Å²) in [5, 5.41) is 3.47. The predicted molar refractivity (Wildman–Crippen MR) is 67.4 cm³/mol. The van der Waals surface area contributed by atoms with Gasteiger partial charge in [-0.3, -0.25) is 0 Å². The highest BCUT2D eigenvalue weighted by molar-refractivity contribution is 5.29. The molecule has 1 N–H and O–H groups in total. The molecule has 1 nitrogen and oxygen atoms in total. The second kappa shape index (κ2) is 6.62. The lowest BCUT2D eigenvalue weighted by molar-refractivity contribution is 0.640. The molecule has 1 heteroatoms. The van der Waals surface area contributed by atoms with Crippen molar-refractivity contribution in [3.63, 3.8) is 0 Å². The average Bonchev–Trinajstić information content (AvgIpc) is 2.23. The highest BCUT2D eigenvalue weighted by atomic mass is 14.8. The average molecular weight is 205 g/mol. The first-order valence-corrected chi connectivity index (χ1v) is 6.01. The normalized spacial score (nSPS) is 10.6. The first-order valence-electron chi connectivity index (χ1n) is 6.01. The van der Waals surface area contributed by atoms with Crippen molar-refractivity contribution >= 4 is 0 Å². The van der Waals surface area contributed by atoms with Crippen molar-refractivity contribution in [1.29, 1.82) is 0 Å². The number of unbranched alkanes of at least 4 members (excludes halogenated alkanes) is 1. The lowest BCUT2D eigenvalue weighted by Crippen LogP contribution is -2.18. The molecule has 0 aliphatic rings. The zero-order valence-corrected chi connectivity index (χ0v) is 10.3. The van der Waals surface area contributed by atoms with E-state index in [0.717, 1.165) is 19.5 Å². The van der Waals surface area contributed by atoms with Gasteiger partial charge in [-0.05, 0) is 56.5 Å². The maximum absolute atomic E-state index is 3.47. The van der Waals surface area contributed by atoms with Crippen molar-refractivity contribution in [2.24, 2.45) is 0 Å². The van der Waals surface area contributed by atoms with Gasteiger partial charge in [-0.2, -0.15) is 0 Å². The molecule has 0 saturated heterocycles. The molecule has 84 valence electrons. The van der Waals surface area contributed by atoms with Gasteiger partial charge in [0.1, 0.15) is 0 Å². The third-order valence-corrected chi connectivity index (χ3v) is 2.87. The standard InChI is InChI=1S/C14H23N/c1-4-5-9-15-10-8-14-7-6-12(2)13(3)11-14/h6-7,11,15H,4-5,8-10H2,1-3H3. The first-order chi connectivity index (χ1) is 7.24. The van der Waals surface area contributed by atoms with Crippen molar-refractivity contribution in [2.75, 3.05) is 13.1 Å². The predicted octanol–water partition coefficient (Wildman–Crippen LogP) is 3.24. The van der Waals surface area contributed by atoms with Crippen LogP contribution in [0.4, 0.5) is 0 Å². The molecule has 15 heavy (non-hydrogen) atoms. The lowest BCUT2D eigenvalue weighted by atomic mass is 10.0. The third kappa shape index (κ3) is 4.48. The van der Waals surface area contributed by atoms with Gasteiger partial charge >= 0.3 is 0 Å². The van der Waals surface area contributed by atoms with Crippen LogP contribution < -0.4 is 5.32 Å². The molecule has 0 saturated carbocycles. The fraction of sp³-hybridized carbons (Fsp3) is 0.571. The molecule has 1 aromatic carbocycles. The van der Waals surface area contributed by atoms with Gasteiger partial charge in [-0.25, -0.2) is 0 Å². The van der Waals surface area contributed by atoms with E-state index in [0.29, 0.717) is 0 Å². The molecule has 0 radical (unpaired) electrons. The van der Waals surface area contributed by atoms with Crippen LogP contribution >= 0.6 is 0 Å². The molecule has 1 aromatic rings. The van der Waals surface area contributed by atoms with Gasteiger partial charge < -0.3 is 5.32 Å². The van der Waals surface area contributed by atoms with Gasteiger partial charge in [-0.15, -0.1) is 0 Å². The number of hydrogen-bond donors (Lipinski definition) is 1.